The molecule has 1 aromatic heterocycles. The van der Waals surface area contributed by atoms with Crippen LogP contribution in [0.25, 0.3) is 0 Å². The summed E-state index contributed by atoms with van der Waals surface area (Å²) in [5.74, 6) is 0.555. The minimum Gasteiger partial charge on any atom is -0.480 e. The maximum Gasteiger partial charge on any atom is 0.319 e. The van der Waals surface area contributed by atoms with E-state index in [9.17, 15) is 4.79 Å². The molecule has 0 aromatic carbocycles. The van der Waals surface area contributed by atoms with Crippen LogP contribution < -0.4 is 0 Å². The molecule has 0 aliphatic carbocycles. The number of hydrogen-bond acceptors (Lipinski definition) is 4. The highest BCUT2D eigenvalue weighted by Crippen LogP contribution is 2.28. The quantitative estimate of drug-likeness (QED) is 0.856. The third-order valence-electron chi connectivity index (χ3n) is 2.21. The molecule has 5 nitrogen and oxygen atoms in total. The Morgan fingerprint density at radius 3 is 2.75 bits per heavy atom. The van der Waals surface area contributed by atoms with Gasteiger partial charge in [-0.05, 0) is 27.7 Å². The Bertz CT molecular complexity index is 374. The summed E-state index contributed by atoms with van der Waals surface area (Å²) >= 11 is 1.35. The van der Waals surface area contributed by atoms with E-state index in [1.54, 1.807) is 13.8 Å². The van der Waals surface area contributed by atoms with E-state index in [1.165, 1.54) is 18.1 Å². The first-order chi connectivity index (χ1) is 7.34. The maximum atomic E-state index is 10.9. The molecule has 6 heteroatoms. The first-order valence-electron chi connectivity index (χ1n) is 5.10. The highest BCUT2D eigenvalue weighted by atomic mass is 32.2. The summed E-state index contributed by atoms with van der Waals surface area (Å²) in [6.45, 7) is 7.42. The molecule has 0 aliphatic heterocycles. The van der Waals surface area contributed by atoms with Crippen molar-refractivity contribution in [2.24, 2.45) is 0 Å². The number of nitrogens with zero attached hydrogens (tertiary/aromatic N) is 3. The van der Waals surface area contributed by atoms with Gasteiger partial charge in [0, 0.05) is 6.04 Å². The molecule has 0 aliphatic rings. The number of carbonyl (C=O) groups is 1. The number of aromatic nitrogens is 3. The standard InChI is InChI=1S/C10H17N3O2S/c1-7(2)13-8(11-6-12-13)5-16-10(3,4)9(14)15/h6-7H,5H2,1-4H3,(H,14,15). The second-order valence-electron chi connectivity index (χ2n) is 4.32. The van der Waals surface area contributed by atoms with Crippen molar-refractivity contribution in [3.8, 4) is 0 Å². The van der Waals surface area contributed by atoms with Crippen LogP contribution in [0, 0.1) is 0 Å². The zero-order valence-corrected chi connectivity index (χ0v) is 10.8. The molecule has 90 valence electrons. The van der Waals surface area contributed by atoms with Crippen molar-refractivity contribution in [1.82, 2.24) is 14.8 Å². The lowest BCUT2D eigenvalue weighted by atomic mass is 10.2. The van der Waals surface area contributed by atoms with Gasteiger partial charge in [-0.3, -0.25) is 4.79 Å². The molecular weight excluding hydrogens is 226 g/mol. The molecule has 1 heterocycles. The van der Waals surface area contributed by atoms with Gasteiger partial charge in [-0.2, -0.15) is 5.10 Å². The van der Waals surface area contributed by atoms with Gasteiger partial charge in [0.15, 0.2) is 0 Å². The van der Waals surface area contributed by atoms with Crippen LogP contribution in [0.3, 0.4) is 0 Å². The molecule has 0 saturated carbocycles. The Labute approximate surface area is 99.3 Å². The Hall–Kier alpha value is -1.04. The molecule has 0 fully saturated rings. The van der Waals surface area contributed by atoms with E-state index < -0.39 is 10.7 Å². The molecule has 1 aromatic rings. The van der Waals surface area contributed by atoms with Gasteiger partial charge < -0.3 is 5.11 Å². The summed E-state index contributed by atoms with van der Waals surface area (Å²) < 4.78 is 1.01. The molecule has 0 radical (unpaired) electrons. The van der Waals surface area contributed by atoms with Crippen LogP contribution in [0.1, 0.15) is 39.6 Å². The number of carboxylic acids is 1. The van der Waals surface area contributed by atoms with Gasteiger partial charge in [-0.1, -0.05) is 0 Å². The predicted octanol–water partition coefficient (Wildman–Crippen LogP) is 1.96. The van der Waals surface area contributed by atoms with Crippen molar-refractivity contribution < 1.29 is 9.90 Å². The van der Waals surface area contributed by atoms with Gasteiger partial charge in [-0.25, -0.2) is 9.67 Å². The van der Waals surface area contributed by atoms with Crippen LogP contribution in [0.2, 0.25) is 0 Å². The molecule has 1 rings (SSSR count). The van der Waals surface area contributed by atoms with Crippen LogP contribution in [0.4, 0.5) is 0 Å². The second kappa shape index (κ2) is 4.86. The molecule has 16 heavy (non-hydrogen) atoms. The Balaban J connectivity index is 2.68. The fraction of sp³-hybridized carbons (Fsp3) is 0.700. The predicted molar refractivity (Wildman–Crippen MR) is 63.4 cm³/mol. The lowest BCUT2D eigenvalue weighted by Gasteiger charge is -2.18. The zero-order valence-electron chi connectivity index (χ0n) is 9.97. The largest absolute Gasteiger partial charge is 0.480 e. The Morgan fingerprint density at radius 2 is 2.25 bits per heavy atom. The fourth-order valence-electron chi connectivity index (χ4n) is 1.12. The van der Waals surface area contributed by atoms with E-state index in [0.29, 0.717) is 5.75 Å². The maximum absolute atomic E-state index is 10.9. The van der Waals surface area contributed by atoms with Crippen LogP contribution in [0.15, 0.2) is 6.33 Å². The molecule has 0 bridgehead atoms. The number of thioether (sulfide) groups is 1. The topological polar surface area (TPSA) is 68.0 Å². The van der Waals surface area contributed by atoms with Crippen LogP contribution in [-0.2, 0) is 10.5 Å². The minimum absolute atomic E-state index is 0.242. The van der Waals surface area contributed by atoms with E-state index in [0.717, 1.165) is 5.82 Å². The smallest absolute Gasteiger partial charge is 0.319 e. The minimum atomic E-state index is -0.812. The van der Waals surface area contributed by atoms with E-state index in [2.05, 4.69) is 10.1 Å². The third-order valence-corrected chi connectivity index (χ3v) is 3.51. The Morgan fingerprint density at radius 1 is 1.62 bits per heavy atom. The fourth-order valence-corrected chi connectivity index (χ4v) is 1.94. The van der Waals surface area contributed by atoms with Crippen LogP contribution in [-0.4, -0.2) is 30.6 Å². The van der Waals surface area contributed by atoms with Crippen molar-refractivity contribution in [3.63, 3.8) is 0 Å². The van der Waals surface area contributed by atoms with Crippen molar-refractivity contribution >= 4 is 17.7 Å². The number of carboxylic acid groups (broad SMARTS) is 1. The SMILES string of the molecule is CC(C)n1ncnc1CSC(C)(C)C(=O)O. The summed E-state index contributed by atoms with van der Waals surface area (Å²) in [6, 6.07) is 0.242. The summed E-state index contributed by atoms with van der Waals surface area (Å²) in [5, 5.41) is 13.1. The zero-order chi connectivity index (χ0) is 12.3. The van der Waals surface area contributed by atoms with Crippen molar-refractivity contribution in [1.29, 1.82) is 0 Å². The second-order valence-corrected chi connectivity index (χ2v) is 5.92. The molecule has 0 spiro atoms. The van der Waals surface area contributed by atoms with Crippen LogP contribution in [0.5, 0.6) is 0 Å². The van der Waals surface area contributed by atoms with Gasteiger partial charge >= 0.3 is 5.97 Å². The molecular formula is C10H17N3O2S. The number of rotatable bonds is 5. The van der Waals surface area contributed by atoms with Crippen molar-refractivity contribution in [2.45, 2.75) is 44.2 Å². The van der Waals surface area contributed by atoms with Crippen LogP contribution >= 0.6 is 11.8 Å². The van der Waals surface area contributed by atoms with E-state index >= 15 is 0 Å². The summed E-state index contributed by atoms with van der Waals surface area (Å²) in [6.07, 6.45) is 1.50. The summed E-state index contributed by atoms with van der Waals surface area (Å²) in [4.78, 5) is 15.1. The molecule has 1 N–H and O–H groups in total. The molecule has 0 saturated heterocycles. The normalized spacial score (nSPS) is 12.1. The van der Waals surface area contributed by atoms with E-state index in [4.69, 9.17) is 5.11 Å². The van der Waals surface area contributed by atoms with Crippen molar-refractivity contribution in [3.05, 3.63) is 12.2 Å². The first kappa shape index (κ1) is 13.0. The van der Waals surface area contributed by atoms with E-state index in [1.807, 2.05) is 18.5 Å². The van der Waals surface area contributed by atoms with Gasteiger partial charge in [0.25, 0.3) is 0 Å². The molecule has 0 atom stereocenters. The van der Waals surface area contributed by atoms with Gasteiger partial charge in [0.1, 0.15) is 16.9 Å². The van der Waals surface area contributed by atoms with Gasteiger partial charge in [0.05, 0.1) is 5.75 Å². The average molecular weight is 243 g/mol. The van der Waals surface area contributed by atoms with Gasteiger partial charge in [0.2, 0.25) is 0 Å². The highest BCUT2D eigenvalue weighted by molar-refractivity contribution is 8.00. The lowest BCUT2D eigenvalue weighted by molar-refractivity contribution is -0.138. The summed E-state index contributed by atoms with van der Waals surface area (Å²) in [7, 11) is 0. The van der Waals surface area contributed by atoms with Crippen molar-refractivity contribution in [2.75, 3.05) is 0 Å². The Kier molecular flexibility index (Phi) is 3.96. The monoisotopic (exact) mass is 243 g/mol. The summed E-state index contributed by atoms with van der Waals surface area (Å²) in [5.41, 5.74) is 0. The third kappa shape index (κ3) is 2.98. The number of hydrogen-bond donors (Lipinski definition) is 1. The highest BCUT2D eigenvalue weighted by Gasteiger charge is 2.28. The number of aliphatic carboxylic acids is 1. The van der Waals surface area contributed by atoms with E-state index in [-0.39, 0.29) is 6.04 Å². The van der Waals surface area contributed by atoms with Gasteiger partial charge in [-0.15, -0.1) is 11.8 Å². The average Bonchev–Trinajstić information content (AvgIpc) is 2.62. The molecule has 0 amide bonds. The lowest BCUT2D eigenvalue weighted by Crippen LogP contribution is -2.27. The first-order valence-corrected chi connectivity index (χ1v) is 6.09. The molecule has 0 unspecified atom stereocenters.